The van der Waals surface area contributed by atoms with Gasteiger partial charge in [-0.15, -0.1) is 10.2 Å². The van der Waals surface area contributed by atoms with Gasteiger partial charge in [0, 0.05) is 18.0 Å². The zero-order valence-corrected chi connectivity index (χ0v) is 13.8. The Morgan fingerprint density at radius 2 is 2.08 bits per heavy atom. The standard InChI is InChI=1S/C18H14N4O4/c1-24-18(23)15-3-2-8-22-9-13(20-16(15)22)10-25-14-6-4-12(5-7-14)17-21-19-11-26-17/h2-9,11H,10H2,1H3. The summed E-state index contributed by atoms with van der Waals surface area (Å²) in [6.45, 7) is 0.266. The van der Waals surface area contributed by atoms with Crippen molar-refractivity contribution < 1.29 is 18.7 Å². The first-order valence-corrected chi connectivity index (χ1v) is 7.79. The minimum atomic E-state index is -0.426. The van der Waals surface area contributed by atoms with Crippen molar-refractivity contribution in [2.75, 3.05) is 7.11 Å². The second-order valence-corrected chi connectivity index (χ2v) is 5.43. The number of methoxy groups -OCH3 is 1. The highest BCUT2D eigenvalue weighted by molar-refractivity contribution is 5.95. The average molecular weight is 350 g/mol. The molecule has 0 aliphatic rings. The van der Waals surface area contributed by atoms with Gasteiger partial charge in [-0.2, -0.15) is 0 Å². The van der Waals surface area contributed by atoms with Crippen molar-refractivity contribution in [1.29, 1.82) is 0 Å². The van der Waals surface area contributed by atoms with Crippen LogP contribution in [0.5, 0.6) is 5.75 Å². The predicted molar refractivity (Wildman–Crippen MR) is 90.6 cm³/mol. The zero-order valence-electron chi connectivity index (χ0n) is 13.8. The van der Waals surface area contributed by atoms with Crippen LogP contribution in [0.25, 0.3) is 17.1 Å². The van der Waals surface area contributed by atoms with Crippen LogP contribution in [-0.4, -0.2) is 32.7 Å². The molecule has 0 aliphatic carbocycles. The summed E-state index contributed by atoms with van der Waals surface area (Å²) in [6, 6.07) is 10.7. The van der Waals surface area contributed by atoms with Crippen LogP contribution < -0.4 is 4.74 Å². The van der Waals surface area contributed by atoms with Crippen molar-refractivity contribution in [3.8, 4) is 17.2 Å². The minimum absolute atomic E-state index is 0.266. The molecule has 3 heterocycles. The van der Waals surface area contributed by atoms with Crippen LogP contribution in [0.15, 0.2) is 59.6 Å². The topological polar surface area (TPSA) is 91.8 Å². The maximum atomic E-state index is 11.8. The number of esters is 1. The van der Waals surface area contributed by atoms with Crippen molar-refractivity contribution in [1.82, 2.24) is 19.6 Å². The van der Waals surface area contributed by atoms with Crippen LogP contribution in [0.2, 0.25) is 0 Å². The molecule has 8 heteroatoms. The molecule has 0 bridgehead atoms. The maximum Gasteiger partial charge on any atom is 0.341 e. The fourth-order valence-corrected chi connectivity index (χ4v) is 2.55. The number of nitrogens with zero attached hydrogens (tertiary/aromatic N) is 4. The smallest absolute Gasteiger partial charge is 0.341 e. The number of ether oxygens (including phenoxy) is 2. The number of imidazole rings is 1. The highest BCUT2D eigenvalue weighted by atomic mass is 16.5. The van der Waals surface area contributed by atoms with Crippen molar-refractivity contribution in [3.63, 3.8) is 0 Å². The monoisotopic (exact) mass is 350 g/mol. The van der Waals surface area contributed by atoms with Gasteiger partial charge in [0.1, 0.15) is 17.9 Å². The molecule has 0 unspecified atom stereocenters. The van der Waals surface area contributed by atoms with E-state index < -0.39 is 5.97 Å². The van der Waals surface area contributed by atoms with E-state index in [0.29, 0.717) is 28.5 Å². The molecule has 0 N–H and O–H groups in total. The Kier molecular flexibility index (Phi) is 4.06. The summed E-state index contributed by atoms with van der Waals surface area (Å²) in [5.74, 6) is 0.705. The van der Waals surface area contributed by atoms with Gasteiger partial charge in [-0.05, 0) is 36.4 Å². The molecule has 26 heavy (non-hydrogen) atoms. The molecular formula is C18H14N4O4. The van der Waals surface area contributed by atoms with E-state index in [-0.39, 0.29) is 6.61 Å². The van der Waals surface area contributed by atoms with Gasteiger partial charge in [-0.1, -0.05) is 0 Å². The van der Waals surface area contributed by atoms with Gasteiger partial charge in [0.2, 0.25) is 12.3 Å². The van der Waals surface area contributed by atoms with Crippen molar-refractivity contribution in [3.05, 3.63) is 66.4 Å². The Morgan fingerprint density at radius 1 is 1.23 bits per heavy atom. The maximum absolute atomic E-state index is 11.8. The lowest BCUT2D eigenvalue weighted by atomic mass is 10.2. The molecule has 0 saturated heterocycles. The molecule has 0 radical (unpaired) electrons. The second kappa shape index (κ2) is 6.67. The largest absolute Gasteiger partial charge is 0.487 e. The quantitative estimate of drug-likeness (QED) is 0.511. The van der Waals surface area contributed by atoms with E-state index in [1.54, 1.807) is 16.5 Å². The number of aromatic nitrogens is 4. The highest BCUT2D eigenvalue weighted by Crippen LogP contribution is 2.21. The SMILES string of the molecule is COC(=O)c1cccn2cc(COc3ccc(-c4nnco4)cc3)nc12. The first kappa shape index (κ1) is 15.8. The zero-order chi connectivity index (χ0) is 17.9. The van der Waals surface area contributed by atoms with Gasteiger partial charge in [-0.25, -0.2) is 9.78 Å². The molecule has 130 valence electrons. The second-order valence-electron chi connectivity index (χ2n) is 5.43. The number of benzene rings is 1. The van der Waals surface area contributed by atoms with Crippen LogP contribution in [0.4, 0.5) is 0 Å². The molecule has 0 spiro atoms. The van der Waals surface area contributed by atoms with Gasteiger partial charge in [0.25, 0.3) is 0 Å². The third-order valence-electron chi connectivity index (χ3n) is 3.79. The number of rotatable bonds is 5. The Hall–Kier alpha value is -3.68. The Labute approximate surface area is 148 Å². The third kappa shape index (κ3) is 3.00. The van der Waals surface area contributed by atoms with Crippen LogP contribution in [0.1, 0.15) is 16.1 Å². The minimum Gasteiger partial charge on any atom is -0.487 e. The number of hydrogen-bond acceptors (Lipinski definition) is 7. The molecule has 0 saturated carbocycles. The molecule has 1 aromatic carbocycles. The van der Waals surface area contributed by atoms with E-state index >= 15 is 0 Å². The molecule has 0 fully saturated rings. The van der Waals surface area contributed by atoms with Crippen LogP contribution in [0.3, 0.4) is 0 Å². The number of fused-ring (bicyclic) bond motifs is 1. The van der Waals surface area contributed by atoms with Crippen molar-refractivity contribution in [2.24, 2.45) is 0 Å². The molecule has 8 nitrogen and oxygen atoms in total. The summed E-state index contributed by atoms with van der Waals surface area (Å²) in [7, 11) is 1.34. The summed E-state index contributed by atoms with van der Waals surface area (Å²) in [5.41, 5.74) is 2.45. The van der Waals surface area contributed by atoms with Crippen LogP contribution in [-0.2, 0) is 11.3 Å². The van der Waals surface area contributed by atoms with Crippen molar-refractivity contribution >= 4 is 11.6 Å². The van der Waals surface area contributed by atoms with E-state index in [9.17, 15) is 4.79 Å². The van der Waals surface area contributed by atoms with Gasteiger partial charge in [0.05, 0.1) is 12.8 Å². The lowest BCUT2D eigenvalue weighted by molar-refractivity contribution is 0.0602. The number of carbonyl (C=O) groups excluding carboxylic acids is 1. The molecule has 3 aromatic heterocycles. The summed E-state index contributed by atoms with van der Waals surface area (Å²) in [5, 5.41) is 7.51. The first-order chi connectivity index (χ1) is 12.7. The molecule has 0 aliphatic heterocycles. The van der Waals surface area contributed by atoms with Gasteiger partial charge < -0.3 is 18.3 Å². The molecular weight excluding hydrogens is 336 g/mol. The molecule has 4 rings (SSSR count). The van der Waals surface area contributed by atoms with Crippen LogP contribution >= 0.6 is 0 Å². The molecule has 4 aromatic rings. The number of hydrogen-bond donors (Lipinski definition) is 0. The van der Waals surface area contributed by atoms with Crippen molar-refractivity contribution in [2.45, 2.75) is 6.61 Å². The van der Waals surface area contributed by atoms with E-state index in [2.05, 4.69) is 15.2 Å². The first-order valence-electron chi connectivity index (χ1n) is 7.79. The van der Waals surface area contributed by atoms with Gasteiger partial charge >= 0.3 is 5.97 Å². The number of carbonyl (C=O) groups is 1. The third-order valence-corrected chi connectivity index (χ3v) is 3.79. The molecule has 0 atom stereocenters. The normalized spacial score (nSPS) is 10.8. The van der Waals surface area contributed by atoms with E-state index in [1.807, 2.05) is 36.7 Å². The predicted octanol–water partition coefficient (Wildman–Crippen LogP) is 2.75. The summed E-state index contributed by atoms with van der Waals surface area (Å²) >= 11 is 0. The van der Waals surface area contributed by atoms with Gasteiger partial charge in [0.15, 0.2) is 5.65 Å². The average Bonchev–Trinajstić information content (AvgIpc) is 3.35. The van der Waals surface area contributed by atoms with E-state index in [4.69, 9.17) is 13.9 Å². The Bertz CT molecular complexity index is 1040. The van der Waals surface area contributed by atoms with E-state index in [0.717, 1.165) is 5.56 Å². The Balaban J connectivity index is 1.50. The summed E-state index contributed by atoms with van der Waals surface area (Å²) in [4.78, 5) is 16.3. The Morgan fingerprint density at radius 3 is 2.81 bits per heavy atom. The van der Waals surface area contributed by atoms with Gasteiger partial charge in [-0.3, -0.25) is 0 Å². The highest BCUT2D eigenvalue weighted by Gasteiger charge is 2.13. The lowest BCUT2D eigenvalue weighted by Crippen LogP contribution is -2.03. The fraction of sp³-hybridized carbons (Fsp3) is 0.111. The lowest BCUT2D eigenvalue weighted by Gasteiger charge is -2.04. The van der Waals surface area contributed by atoms with Crippen LogP contribution in [0, 0.1) is 0 Å². The molecule has 0 amide bonds. The number of pyridine rings is 1. The van der Waals surface area contributed by atoms with E-state index in [1.165, 1.54) is 13.5 Å². The fourth-order valence-electron chi connectivity index (χ4n) is 2.55. The summed E-state index contributed by atoms with van der Waals surface area (Å²) in [6.07, 6.45) is 4.91. The summed E-state index contributed by atoms with van der Waals surface area (Å²) < 4.78 is 17.5.